The fraction of sp³-hybridized carbons (Fsp3) is 0.412. The van der Waals surface area contributed by atoms with Crippen LogP contribution in [0.15, 0.2) is 16.9 Å². The van der Waals surface area contributed by atoms with Crippen LogP contribution in [0.3, 0.4) is 0 Å². The van der Waals surface area contributed by atoms with E-state index in [4.69, 9.17) is 0 Å². The number of nitrogens with zero attached hydrogens (tertiary/aromatic N) is 2. The van der Waals surface area contributed by atoms with Crippen LogP contribution in [0, 0.1) is 17.5 Å². The monoisotopic (exact) mass is 337 g/mol. The maximum Gasteiger partial charge on any atom is 0.254 e. The molecule has 0 atom stereocenters. The van der Waals surface area contributed by atoms with Crippen LogP contribution in [0.2, 0.25) is 0 Å². The Kier molecular flexibility index (Phi) is 4.45. The van der Waals surface area contributed by atoms with Gasteiger partial charge in [0.15, 0.2) is 17.5 Å². The Hall–Kier alpha value is -2.15. The molecule has 0 amide bonds. The largest absolute Gasteiger partial charge is 0.310 e. The van der Waals surface area contributed by atoms with Crippen molar-refractivity contribution in [2.24, 2.45) is 0 Å². The van der Waals surface area contributed by atoms with Crippen molar-refractivity contribution in [3.05, 3.63) is 62.6 Å². The van der Waals surface area contributed by atoms with Crippen LogP contribution in [0.4, 0.5) is 13.2 Å². The van der Waals surface area contributed by atoms with Gasteiger partial charge in [-0.05, 0) is 24.1 Å². The fourth-order valence-electron chi connectivity index (χ4n) is 2.88. The molecule has 0 bridgehead atoms. The molecule has 128 valence electrons. The molecule has 3 rings (SSSR count). The lowest BCUT2D eigenvalue weighted by Crippen LogP contribution is -2.35. The highest BCUT2D eigenvalue weighted by Crippen LogP contribution is 2.20. The predicted octanol–water partition coefficient (Wildman–Crippen LogP) is 2.87. The minimum absolute atomic E-state index is 0.0960. The molecule has 2 aromatic rings. The van der Waals surface area contributed by atoms with Gasteiger partial charge in [0.05, 0.1) is 5.69 Å². The highest BCUT2D eigenvalue weighted by Gasteiger charge is 2.22. The van der Waals surface area contributed by atoms with Gasteiger partial charge in [-0.1, -0.05) is 13.8 Å². The standard InChI is InChI=1S/C17H18F3N3O/c1-9(2)16-21-14-8-23(4-3-11(14)17(24)22-16)7-10-5-12(18)15(20)13(19)6-10/h5-6,9H,3-4,7-8H2,1-2H3,(H,21,22,24). The molecule has 0 spiro atoms. The Labute approximate surface area is 137 Å². The topological polar surface area (TPSA) is 49.0 Å². The summed E-state index contributed by atoms with van der Waals surface area (Å²) in [7, 11) is 0. The first-order chi connectivity index (χ1) is 11.3. The Morgan fingerprint density at radius 3 is 2.54 bits per heavy atom. The molecule has 1 aliphatic heterocycles. The first-order valence-corrected chi connectivity index (χ1v) is 7.83. The Morgan fingerprint density at radius 1 is 1.25 bits per heavy atom. The van der Waals surface area contributed by atoms with Gasteiger partial charge in [0.2, 0.25) is 0 Å². The van der Waals surface area contributed by atoms with Gasteiger partial charge >= 0.3 is 0 Å². The van der Waals surface area contributed by atoms with Crippen molar-refractivity contribution in [3.63, 3.8) is 0 Å². The number of aromatic amines is 1. The molecular weight excluding hydrogens is 319 g/mol. The number of H-pyrrole nitrogens is 1. The van der Waals surface area contributed by atoms with Crippen LogP contribution >= 0.6 is 0 Å². The number of nitrogens with one attached hydrogen (secondary N) is 1. The average molecular weight is 337 g/mol. The smallest absolute Gasteiger partial charge is 0.254 e. The first kappa shape index (κ1) is 16.7. The number of aromatic nitrogens is 2. The molecule has 0 unspecified atom stereocenters. The summed E-state index contributed by atoms with van der Waals surface area (Å²) in [6, 6.07) is 2.00. The highest BCUT2D eigenvalue weighted by atomic mass is 19.2. The van der Waals surface area contributed by atoms with Crippen molar-refractivity contribution in [1.82, 2.24) is 14.9 Å². The Bertz CT molecular complexity index is 809. The van der Waals surface area contributed by atoms with Gasteiger partial charge in [-0.2, -0.15) is 0 Å². The Balaban J connectivity index is 1.84. The molecule has 4 nitrogen and oxygen atoms in total. The molecule has 1 aromatic heterocycles. The van der Waals surface area contributed by atoms with Crippen LogP contribution in [-0.2, 0) is 19.5 Å². The molecule has 0 fully saturated rings. The Morgan fingerprint density at radius 2 is 1.92 bits per heavy atom. The highest BCUT2D eigenvalue weighted by molar-refractivity contribution is 5.23. The number of rotatable bonds is 3. The zero-order valence-electron chi connectivity index (χ0n) is 13.5. The van der Waals surface area contributed by atoms with Gasteiger partial charge in [-0.3, -0.25) is 9.69 Å². The molecule has 2 heterocycles. The molecule has 1 N–H and O–H groups in total. The summed E-state index contributed by atoms with van der Waals surface area (Å²) in [5.41, 5.74) is 1.58. The summed E-state index contributed by atoms with van der Waals surface area (Å²) in [4.78, 5) is 21.4. The summed E-state index contributed by atoms with van der Waals surface area (Å²) in [6.45, 7) is 5.13. The minimum atomic E-state index is -1.46. The maximum atomic E-state index is 13.3. The van der Waals surface area contributed by atoms with Crippen molar-refractivity contribution in [2.75, 3.05) is 6.54 Å². The van der Waals surface area contributed by atoms with E-state index in [2.05, 4.69) is 9.97 Å². The predicted molar refractivity (Wildman–Crippen MR) is 83.1 cm³/mol. The maximum absolute atomic E-state index is 13.3. The summed E-state index contributed by atoms with van der Waals surface area (Å²) in [5.74, 6) is -3.13. The zero-order chi connectivity index (χ0) is 17.4. The lowest BCUT2D eigenvalue weighted by molar-refractivity contribution is 0.239. The van der Waals surface area contributed by atoms with E-state index in [0.29, 0.717) is 42.2 Å². The quantitative estimate of drug-likeness (QED) is 0.876. The van der Waals surface area contributed by atoms with Crippen molar-refractivity contribution < 1.29 is 13.2 Å². The zero-order valence-corrected chi connectivity index (χ0v) is 13.5. The van der Waals surface area contributed by atoms with E-state index < -0.39 is 17.5 Å². The number of hydrogen-bond donors (Lipinski definition) is 1. The first-order valence-electron chi connectivity index (χ1n) is 7.83. The third-order valence-electron chi connectivity index (χ3n) is 4.17. The molecule has 0 aliphatic carbocycles. The van der Waals surface area contributed by atoms with Crippen molar-refractivity contribution in [2.45, 2.75) is 39.3 Å². The van der Waals surface area contributed by atoms with Crippen molar-refractivity contribution in [1.29, 1.82) is 0 Å². The molecule has 1 aliphatic rings. The molecule has 7 heteroatoms. The lowest BCUT2D eigenvalue weighted by Gasteiger charge is -2.28. The van der Waals surface area contributed by atoms with Gasteiger partial charge < -0.3 is 4.98 Å². The van der Waals surface area contributed by atoms with Crippen molar-refractivity contribution in [3.8, 4) is 0 Å². The van der Waals surface area contributed by atoms with Crippen LogP contribution < -0.4 is 5.56 Å². The molecule has 24 heavy (non-hydrogen) atoms. The van der Waals surface area contributed by atoms with Crippen LogP contribution in [-0.4, -0.2) is 21.4 Å². The van der Waals surface area contributed by atoms with Crippen molar-refractivity contribution >= 4 is 0 Å². The van der Waals surface area contributed by atoms with Gasteiger partial charge in [0.1, 0.15) is 5.82 Å². The second-order valence-electron chi connectivity index (χ2n) is 6.37. The molecule has 0 saturated carbocycles. The molecule has 0 saturated heterocycles. The number of fused-ring (bicyclic) bond motifs is 1. The van der Waals surface area contributed by atoms with Crippen LogP contribution in [0.5, 0.6) is 0 Å². The normalized spacial score (nSPS) is 14.9. The van der Waals surface area contributed by atoms with E-state index in [1.165, 1.54) is 0 Å². The number of hydrogen-bond acceptors (Lipinski definition) is 3. The molecular formula is C17H18F3N3O. The van der Waals surface area contributed by atoms with Crippen LogP contribution in [0.25, 0.3) is 0 Å². The summed E-state index contributed by atoms with van der Waals surface area (Å²) >= 11 is 0. The van der Waals surface area contributed by atoms with Gasteiger partial charge in [-0.25, -0.2) is 18.2 Å². The van der Waals surface area contributed by atoms with E-state index in [1.54, 1.807) is 0 Å². The lowest BCUT2D eigenvalue weighted by atomic mass is 10.0. The average Bonchev–Trinajstić information content (AvgIpc) is 2.52. The van der Waals surface area contributed by atoms with Gasteiger partial charge in [0, 0.05) is 31.1 Å². The van der Waals surface area contributed by atoms with E-state index >= 15 is 0 Å². The SMILES string of the molecule is CC(C)c1nc2c(c(=O)[nH]1)CCN(Cc1cc(F)c(F)c(F)c1)C2. The van der Waals surface area contributed by atoms with E-state index in [9.17, 15) is 18.0 Å². The summed E-state index contributed by atoms with van der Waals surface area (Å²) in [5, 5.41) is 0. The minimum Gasteiger partial charge on any atom is -0.310 e. The summed E-state index contributed by atoms with van der Waals surface area (Å²) in [6.07, 6.45) is 0.516. The van der Waals surface area contributed by atoms with Gasteiger partial charge in [-0.15, -0.1) is 0 Å². The van der Waals surface area contributed by atoms with E-state index in [0.717, 1.165) is 12.1 Å². The number of benzene rings is 1. The second-order valence-corrected chi connectivity index (χ2v) is 6.37. The molecule has 1 aromatic carbocycles. The summed E-state index contributed by atoms with van der Waals surface area (Å²) < 4.78 is 39.7. The third kappa shape index (κ3) is 3.21. The van der Waals surface area contributed by atoms with Crippen LogP contribution in [0.1, 0.15) is 42.4 Å². The fourth-order valence-corrected chi connectivity index (χ4v) is 2.88. The van der Waals surface area contributed by atoms with E-state index in [1.807, 2.05) is 18.7 Å². The molecule has 0 radical (unpaired) electrons. The third-order valence-corrected chi connectivity index (χ3v) is 4.17. The van der Waals surface area contributed by atoms with Gasteiger partial charge in [0.25, 0.3) is 5.56 Å². The number of halogens is 3. The second kappa shape index (κ2) is 6.39. The van der Waals surface area contributed by atoms with E-state index in [-0.39, 0.29) is 18.0 Å².